The Morgan fingerprint density at radius 1 is 1.07 bits per heavy atom. The van der Waals surface area contributed by atoms with Gasteiger partial charge < -0.3 is 9.88 Å². The number of carbonyl (C=O) groups excluding carboxylic acids is 1. The van der Waals surface area contributed by atoms with Gasteiger partial charge in [-0.1, -0.05) is 41.6 Å². The number of nitrogens with one attached hydrogen (secondary N) is 1. The second-order valence-electron chi connectivity index (χ2n) is 6.96. The number of nitrogens with zero attached hydrogens (tertiary/aromatic N) is 5. The number of thioether (sulfide) groups is 1. The number of carbonyl (C=O) groups is 1. The number of aromatic nitrogens is 5. The first kappa shape index (κ1) is 19.9. The minimum Gasteiger partial charge on any atom is -0.331 e. The number of hydrogen-bond acceptors (Lipinski definition) is 5. The molecule has 0 aliphatic rings. The van der Waals surface area contributed by atoms with Crippen molar-refractivity contribution in [1.29, 1.82) is 0 Å². The van der Waals surface area contributed by atoms with E-state index in [9.17, 15) is 4.79 Å². The van der Waals surface area contributed by atoms with Crippen LogP contribution in [0.2, 0.25) is 0 Å². The molecule has 152 valence electrons. The molecule has 0 radical (unpaired) electrons. The number of anilines is 1. The molecule has 4 aromatic rings. The molecule has 8 heteroatoms. The van der Waals surface area contributed by atoms with Crippen molar-refractivity contribution in [3.63, 3.8) is 0 Å². The van der Waals surface area contributed by atoms with E-state index in [0.29, 0.717) is 5.16 Å². The normalized spacial score (nSPS) is 10.9. The van der Waals surface area contributed by atoms with Gasteiger partial charge in [-0.2, -0.15) is 0 Å². The molecule has 0 saturated carbocycles. The highest BCUT2D eigenvalue weighted by Crippen LogP contribution is 2.20. The minimum atomic E-state index is -0.0864. The van der Waals surface area contributed by atoms with E-state index in [1.165, 1.54) is 17.3 Å². The maximum Gasteiger partial charge on any atom is 0.234 e. The van der Waals surface area contributed by atoms with Crippen LogP contribution in [-0.4, -0.2) is 36.0 Å². The quantitative estimate of drug-likeness (QED) is 0.461. The Labute approximate surface area is 179 Å². The first-order valence-electron chi connectivity index (χ1n) is 9.55. The molecule has 1 N–H and O–H groups in total. The van der Waals surface area contributed by atoms with Crippen molar-refractivity contribution in [3.05, 3.63) is 84.2 Å². The smallest absolute Gasteiger partial charge is 0.234 e. The second-order valence-corrected chi connectivity index (χ2v) is 7.90. The predicted molar refractivity (Wildman–Crippen MR) is 118 cm³/mol. The van der Waals surface area contributed by atoms with Crippen LogP contribution in [0.1, 0.15) is 17.0 Å². The van der Waals surface area contributed by atoms with Crippen molar-refractivity contribution in [2.24, 2.45) is 0 Å². The van der Waals surface area contributed by atoms with Gasteiger partial charge in [0.25, 0.3) is 0 Å². The minimum absolute atomic E-state index is 0.0864. The number of rotatable bonds is 7. The molecule has 0 aliphatic carbocycles. The number of hydrogen-bond donors (Lipinski definition) is 1. The summed E-state index contributed by atoms with van der Waals surface area (Å²) < 4.78 is 3.96. The molecule has 2 aromatic carbocycles. The van der Waals surface area contributed by atoms with Gasteiger partial charge >= 0.3 is 0 Å². The Hall–Kier alpha value is -3.39. The van der Waals surface area contributed by atoms with Crippen LogP contribution in [0.3, 0.4) is 0 Å². The lowest BCUT2D eigenvalue weighted by molar-refractivity contribution is -0.113. The van der Waals surface area contributed by atoms with E-state index < -0.39 is 0 Å². The second kappa shape index (κ2) is 8.96. The Kier molecular flexibility index (Phi) is 5.94. The van der Waals surface area contributed by atoms with Crippen molar-refractivity contribution < 1.29 is 4.79 Å². The fourth-order valence-electron chi connectivity index (χ4n) is 2.99. The monoisotopic (exact) mass is 418 g/mol. The van der Waals surface area contributed by atoms with Crippen LogP contribution in [0.4, 0.5) is 5.69 Å². The number of aryl methyl sites for hydroxylation is 2. The van der Waals surface area contributed by atoms with E-state index in [4.69, 9.17) is 0 Å². The van der Waals surface area contributed by atoms with Gasteiger partial charge in [-0.25, -0.2) is 4.98 Å². The van der Waals surface area contributed by atoms with Gasteiger partial charge in [-0.05, 0) is 43.7 Å². The molecular weight excluding hydrogens is 396 g/mol. The maximum atomic E-state index is 12.4. The van der Waals surface area contributed by atoms with Gasteiger partial charge in [-0.3, -0.25) is 9.36 Å². The summed E-state index contributed by atoms with van der Waals surface area (Å²) in [5.41, 5.74) is 4.07. The van der Waals surface area contributed by atoms with Gasteiger partial charge in [0.2, 0.25) is 5.91 Å². The lowest BCUT2D eigenvalue weighted by atomic mass is 10.2. The Morgan fingerprint density at radius 2 is 1.83 bits per heavy atom. The van der Waals surface area contributed by atoms with Crippen molar-refractivity contribution >= 4 is 23.4 Å². The van der Waals surface area contributed by atoms with Crippen LogP contribution in [-0.2, 0) is 11.3 Å². The maximum absolute atomic E-state index is 12.4. The number of amides is 1. The van der Waals surface area contributed by atoms with Crippen LogP contribution in [0.5, 0.6) is 0 Å². The molecule has 0 unspecified atom stereocenters. The molecular formula is C22H22N6OS. The molecule has 30 heavy (non-hydrogen) atoms. The average Bonchev–Trinajstić information content (AvgIpc) is 3.38. The van der Waals surface area contributed by atoms with Crippen molar-refractivity contribution in [2.45, 2.75) is 25.5 Å². The number of benzene rings is 2. The first-order valence-corrected chi connectivity index (χ1v) is 10.5. The van der Waals surface area contributed by atoms with Crippen molar-refractivity contribution in [1.82, 2.24) is 24.3 Å². The predicted octanol–water partition coefficient (Wildman–Crippen LogP) is 3.86. The van der Waals surface area contributed by atoms with Crippen LogP contribution >= 0.6 is 11.8 Å². The Bertz CT molecular complexity index is 1130. The summed E-state index contributed by atoms with van der Waals surface area (Å²) in [6, 6.07) is 15.9. The molecule has 2 heterocycles. The largest absolute Gasteiger partial charge is 0.331 e. The first-order chi connectivity index (χ1) is 14.6. The SMILES string of the molecule is Cc1ccc(-n2cnnc2SCC(=O)Nc2ccc(Cn3ccnc3C)cc2)cc1. The molecule has 0 bridgehead atoms. The molecule has 0 aliphatic heterocycles. The van der Waals surface area contributed by atoms with Crippen LogP contribution in [0.25, 0.3) is 5.69 Å². The summed E-state index contributed by atoms with van der Waals surface area (Å²) in [5.74, 6) is 1.14. The average molecular weight is 419 g/mol. The third kappa shape index (κ3) is 4.77. The fourth-order valence-corrected chi connectivity index (χ4v) is 3.72. The van der Waals surface area contributed by atoms with Gasteiger partial charge in [-0.15, -0.1) is 10.2 Å². The molecule has 1 amide bonds. The van der Waals surface area contributed by atoms with Crippen LogP contribution < -0.4 is 5.32 Å². The molecule has 0 fully saturated rings. The van der Waals surface area contributed by atoms with Crippen LogP contribution in [0, 0.1) is 13.8 Å². The van der Waals surface area contributed by atoms with E-state index >= 15 is 0 Å². The summed E-state index contributed by atoms with van der Waals surface area (Å²) in [6.07, 6.45) is 5.41. The van der Waals surface area contributed by atoms with Gasteiger partial charge in [0, 0.05) is 30.3 Å². The summed E-state index contributed by atoms with van der Waals surface area (Å²) in [6.45, 7) is 4.78. The molecule has 2 aromatic heterocycles. The highest BCUT2D eigenvalue weighted by Gasteiger charge is 2.10. The zero-order valence-corrected chi connectivity index (χ0v) is 17.6. The molecule has 0 atom stereocenters. The van der Waals surface area contributed by atoms with Crippen molar-refractivity contribution in [2.75, 3.05) is 11.1 Å². The van der Waals surface area contributed by atoms with Crippen LogP contribution in [0.15, 0.2) is 72.4 Å². The topological polar surface area (TPSA) is 77.6 Å². The zero-order valence-electron chi connectivity index (χ0n) is 16.8. The van der Waals surface area contributed by atoms with E-state index in [-0.39, 0.29) is 11.7 Å². The van der Waals surface area contributed by atoms with E-state index in [0.717, 1.165) is 29.3 Å². The van der Waals surface area contributed by atoms with Gasteiger partial charge in [0.1, 0.15) is 12.2 Å². The molecule has 0 saturated heterocycles. The summed E-state index contributed by atoms with van der Waals surface area (Å²) in [7, 11) is 0. The van der Waals surface area contributed by atoms with Gasteiger partial charge in [0.15, 0.2) is 5.16 Å². The lowest BCUT2D eigenvalue weighted by Crippen LogP contribution is -2.14. The van der Waals surface area contributed by atoms with Gasteiger partial charge in [0.05, 0.1) is 5.75 Å². The summed E-state index contributed by atoms with van der Waals surface area (Å²) in [4.78, 5) is 16.6. The van der Waals surface area contributed by atoms with E-state index in [1.54, 1.807) is 12.5 Å². The molecule has 0 spiro atoms. The lowest BCUT2D eigenvalue weighted by Gasteiger charge is -2.09. The summed E-state index contributed by atoms with van der Waals surface area (Å²) >= 11 is 1.35. The fraction of sp³-hybridized carbons (Fsp3) is 0.182. The van der Waals surface area contributed by atoms with E-state index in [1.807, 2.05) is 73.1 Å². The third-order valence-electron chi connectivity index (χ3n) is 4.68. The summed E-state index contributed by atoms with van der Waals surface area (Å²) in [5, 5.41) is 11.7. The highest BCUT2D eigenvalue weighted by molar-refractivity contribution is 7.99. The van der Waals surface area contributed by atoms with Crippen molar-refractivity contribution in [3.8, 4) is 5.69 Å². The standard InChI is InChI=1S/C22H22N6OS/c1-16-3-9-20(10-4-16)28-15-24-26-22(28)30-14-21(29)25-19-7-5-18(6-8-19)13-27-12-11-23-17(27)2/h3-12,15H,13-14H2,1-2H3,(H,25,29). The third-order valence-corrected chi connectivity index (χ3v) is 5.62. The Balaban J connectivity index is 1.33. The highest BCUT2D eigenvalue weighted by atomic mass is 32.2. The molecule has 7 nitrogen and oxygen atoms in total. The Morgan fingerprint density at radius 3 is 2.53 bits per heavy atom. The molecule has 4 rings (SSSR count). The van der Waals surface area contributed by atoms with E-state index in [2.05, 4.69) is 25.1 Å². The zero-order chi connectivity index (χ0) is 20.9. The number of imidazole rings is 1.